The molecule has 0 N–H and O–H groups in total. The van der Waals surface area contributed by atoms with Gasteiger partial charge >= 0.3 is 0 Å². The Morgan fingerprint density at radius 3 is 2.13 bits per heavy atom. The van der Waals surface area contributed by atoms with Crippen LogP contribution in [0, 0.1) is 0 Å². The summed E-state index contributed by atoms with van der Waals surface area (Å²) in [4.78, 5) is 2.31. The van der Waals surface area contributed by atoms with Gasteiger partial charge in [-0.2, -0.15) is 0 Å². The first kappa shape index (κ1) is 22.0. The number of para-hydroxylation sites is 1. The van der Waals surface area contributed by atoms with Gasteiger partial charge in [-0.3, -0.25) is 0 Å². The molecule has 0 aliphatic carbocycles. The van der Waals surface area contributed by atoms with Gasteiger partial charge in [-0.25, -0.2) is 0 Å². The molecular formula is C28H35NO. The second kappa shape index (κ2) is 8.18. The van der Waals surface area contributed by atoms with Crippen LogP contribution in [0.1, 0.15) is 59.6 Å². The van der Waals surface area contributed by atoms with E-state index in [0.29, 0.717) is 0 Å². The van der Waals surface area contributed by atoms with Crippen molar-refractivity contribution in [1.29, 1.82) is 0 Å². The Labute approximate surface area is 182 Å². The Balaban J connectivity index is 0.000000606. The molecule has 1 unspecified atom stereocenters. The molecule has 0 amide bonds. The van der Waals surface area contributed by atoms with Gasteiger partial charge in [0.15, 0.2) is 0 Å². The average Bonchev–Trinajstić information content (AvgIpc) is 2.96. The standard InChI is InChI=1S/C24H23NO.2C2H6/c1-16-15-19-18-10-6-5-9-17(18)13-14-22(19)26-24(16)23(2,3)20-11-7-8-12-21(20)25(24)4;2*1-2/h5-15H,1-4H3;2*1-2H3. The number of fused-ring (bicyclic) bond motifs is 4. The monoisotopic (exact) mass is 401 g/mol. The smallest absolute Gasteiger partial charge is 0.214 e. The van der Waals surface area contributed by atoms with E-state index in [1.807, 2.05) is 27.7 Å². The van der Waals surface area contributed by atoms with Crippen molar-refractivity contribution < 1.29 is 4.74 Å². The third kappa shape index (κ3) is 2.85. The van der Waals surface area contributed by atoms with E-state index in [4.69, 9.17) is 4.74 Å². The van der Waals surface area contributed by atoms with Crippen LogP contribution in [0.4, 0.5) is 5.69 Å². The lowest BCUT2D eigenvalue weighted by Gasteiger charge is -2.49. The second-order valence-corrected chi connectivity index (χ2v) is 7.97. The highest BCUT2D eigenvalue weighted by atomic mass is 16.5. The lowest BCUT2D eigenvalue weighted by molar-refractivity contribution is 0.0466. The molecule has 0 saturated carbocycles. The Morgan fingerprint density at radius 1 is 0.800 bits per heavy atom. The van der Waals surface area contributed by atoms with E-state index >= 15 is 0 Å². The van der Waals surface area contributed by atoms with Gasteiger partial charge in [0.1, 0.15) is 5.75 Å². The minimum Gasteiger partial charge on any atom is -0.462 e. The van der Waals surface area contributed by atoms with Crippen molar-refractivity contribution in [2.24, 2.45) is 0 Å². The van der Waals surface area contributed by atoms with Gasteiger partial charge in [-0.05, 0) is 60.9 Å². The largest absolute Gasteiger partial charge is 0.462 e. The van der Waals surface area contributed by atoms with E-state index in [1.54, 1.807) is 0 Å². The molecule has 0 aromatic heterocycles. The summed E-state index contributed by atoms with van der Waals surface area (Å²) in [5, 5.41) is 2.49. The molecule has 0 bridgehead atoms. The van der Waals surface area contributed by atoms with Crippen LogP contribution in [0.3, 0.4) is 0 Å². The maximum atomic E-state index is 6.87. The Kier molecular flexibility index (Phi) is 5.99. The van der Waals surface area contributed by atoms with E-state index < -0.39 is 5.72 Å². The fraction of sp³-hybridized carbons (Fsp3) is 0.357. The zero-order chi connectivity index (χ0) is 22.1. The fourth-order valence-electron chi connectivity index (χ4n) is 5.09. The summed E-state index contributed by atoms with van der Waals surface area (Å²) >= 11 is 0. The predicted octanol–water partition coefficient (Wildman–Crippen LogP) is 7.81. The third-order valence-electron chi connectivity index (χ3n) is 6.34. The lowest BCUT2D eigenvalue weighted by atomic mass is 9.73. The molecule has 2 nitrogen and oxygen atoms in total. The maximum absolute atomic E-state index is 6.87. The molecule has 1 spiro atoms. The first-order chi connectivity index (χ1) is 14.5. The summed E-state index contributed by atoms with van der Waals surface area (Å²) in [5.41, 5.74) is 4.33. The van der Waals surface area contributed by atoms with E-state index in [0.717, 1.165) is 5.75 Å². The average molecular weight is 402 g/mol. The van der Waals surface area contributed by atoms with Crippen LogP contribution >= 0.6 is 0 Å². The highest BCUT2D eigenvalue weighted by Crippen LogP contribution is 2.57. The first-order valence-electron chi connectivity index (χ1n) is 11.2. The summed E-state index contributed by atoms with van der Waals surface area (Å²) in [6, 6.07) is 21.4. The molecule has 5 rings (SSSR count). The number of anilines is 1. The van der Waals surface area contributed by atoms with Crippen molar-refractivity contribution >= 4 is 22.5 Å². The van der Waals surface area contributed by atoms with Gasteiger partial charge in [0.25, 0.3) is 0 Å². The van der Waals surface area contributed by atoms with E-state index in [9.17, 15) is 0 Å². The number of likely N-dealkylation sites (N-methyl/N-ethyl adjacent to an activating group) is 1. The number of benzene rings is 3. The van der Waals surface area contributed by atoms with Crippen molar-refractivity contribution in [2.45, 2.75) is 59.6 Å². The van der Waals surface area contributed by atoms with Crippen LogP contribution in [-0.4, -0.2) is 12.8 Å². The molecule has 3 aromatic rings. The van der Waals surface area contributed by atoms with E-state index in [-0.39, 0.29) is 5.41 Å². The molecule has 30 heavy (non-hydrogen) atoms. The summed E-state index contributed by atoms with van der Waals surface area (Å²) in [6.45, 7) is 14.8. The topological polar surface area (TPSA) is 12.5 Å². The minimum absolute atomic E-state index is 0.164. The number of rotatable bonds is 0. The molecule has 0 fully saturated rings. The molecule has 3 aromatic carbocycles. The number of nitrogens with zero attached hydrogens (tertiary/aromatic N) is 1. The van der Waals surface area contributed by atoms with Gasteiger partial charge in [-0.15, -0.1) is 0 Å². The molecule has 0 saturated heterocycles. The SMILES string of the molecule is CC.CC.CC1=Cc2c(ccc3ccccc23)OC12N(C)c1ccccc1C2(C)C. The summed E-state index contributed by atoms with van der Waals surface area (Å²) in [7, 11) is 2.15. The van der Waals surface area contributed by atoms with Crippen LogP contribution in [0.5, 0.6) is 5.75 Å². The van der Waals surface area contributed by atoms with Gasteiger partial charge < -0.3 is 9.64 Å². The summed E-state index contributed by atoms with van der Waals surface area (Å²) in [6.07, 6.45) is 2.32. The minimum atomic E-state index is -0.508. The van der Waals surface area contributed by atoms with Crippen LogP contribution in [0.25, 0.3) is 16.8 Å². The molecule has 158 valence electrons. The maximum Gasteiger partial charge on any atom is 0.214 e. The van der Waals surface area contributed by atoms with Crippen molar-refractivity contribution in [3.63, 3.8) is 0 Å². The predicted molar refractivity (Wildman–Crippen MR) is 132 cm³/mol. The number of hydrogen-bond donors (Lipinski definition) is 0. The van der Waals surface area contributed by atoms with Gasteiger partial charge in [-0.1, -0.05) is 76.2 Å². The molecule has 1 atom stereocenters. The Bertz CT molecular complexity index is 1080. The normalized spacial score (nSPS) is 20.1. The lowest BCUT2D eigenvalue weighted by Crippen LogP contribution is -2.60. The van der Waals surface area contributed by atoms with Gasteiger partial charge in [0, 0.05) is 18.3 Å². The van der Waals surface area contributed by atoms with Crippen LogP contribution in [0.2, 0.25) is 0 Å². The molecular weight excluding hydrogens is 366 g/mol. The Hall–Kier alpha value is -2.74. The van der Waals surface area contributed by atoms with Crippen LogP contribution in [0.15, 0.2) is 66.2 Å². The summed E-state index contributed by atoms with van der Waals surface area (Å²) in [5.74, 6) is 0.960. The van der Waals surface area contributed by atoms with Gasteiger partial charge in [0.2, 0.25) is 5.72 Å². The molecule has 2 aliphatic rings. The zero-order valence-electron chi connectivity index (χ0n) is 19.7. The van der Waals surface area contributed by atoms with E-state index in [1.165, 1.54) is 33.2 Å². The fourth-order valence-corrected chi connectivity index (χ4v) is 5.09. The Morgan fingerprint density at radius 2 is 1.43 bits per heavy atom. The van der Waals surface area contributed by atoms with Crippen molar-refractivity contribution in [3.05, 3.63) is 77.4 Å². The van der Waals surface area contributed by atoms with E-state index in [2.05, 4.69) is 99.5 Å². The highest BCUT2D eigenvalue weighted by molar-refractivity contribution is 5.94. The number of ether oxygens (including phenoxy) is 1. The highest BCUT2D eigenvalue weighted by Gasteiger charge is 2.60. The summed E-state index contributed by atoms with van der Waals surface area (Å²) < 4.78 is 6.87. The molecule has 2 heterocycles. The van der Waals surface area contributed by atoms with Crippen LogP contribution in [-0.2, 0) is 5.41 Å². The molecule has 0 radical (unpaired) electrons. The molecule has 2 aliphatic heterocycles. The zero-order valence-corrected chi connectivity index (χ0v) is 19.7. The molecule has 2 heteroatoms. The quantitative estimate of drug-likeness (QED) is 0.381. The van der Waals surface area contributed by atoms with Crippen molar-refractivity contribution in [2.75, 3.05) is 11.9 Å². The van der Waals surface area contributed by atoms with Crippen molar-refractivity contribution in [1.82, 2.24) is 0 Å². The number of hydrogen-bond acceptors (Lipinski definition) is 2. The third-order valence-corrected chi connectivity index (χ3v) is 6.34. The second-order valence-electron chi connectivity index (χ2n) is 7.97. The van der Waals surface area contributed by atoms with Crippen molar-refractivity contribution in [3.8, 4) is 5.75 Å². The van der Waals surface area contributed by atoms with Gasteiger partial charge in [0.05, 0.1) is 5.41 Å². The first-order valence-corrected chi connectivity index (χ1v) is 11.2. The van der Waals surface area contributed by atoms with Crippen LogP contribution < -0.4 is 9.64 Å².